The van der Waals surface area contributed by atoms with Gasteiger partial charge in [-0.1, -0.05) is 22.0 Å². The Hall–Kier alpha value is -0.910. The van der Waals surface area contributed by atoms with Crippen molar-refractivity contribution in [2.24, 2.45) is 0 Å². The van der Waals surface area contributed by atoms with Crippen LogP contribution in [-0.2, 0) is 0 Å². The van der Waals surface area contributed by atoms with E-state index < -0.39 is 5.60 Å². The van der Waals surface area contributed by atoms with E-state index in [1.165, 1.54) is 0 Å². The fourth-order valence-electron chi connectivity index (χ4n) is 2.65. The first-order valence-electron chi connectivity index (χ1n) is 7.26. The predicted molar refractivity (Wildman–Crippen MR) is 87.5 cm³/mol. The topological polar surface area (TPSA) is 43.8 Å². The van der Waals surface area contributed by atoms with E-state index >= 15 is 0 Å². The third-order valence-corrected chi connectivity index (χ3v) is 4.19. The second kappa shape index (κ2) is 6.46. The van der Waals surface area contributed by atoms with E-state index in [1.54, 1.807) is 0 Å². The number of benzene rings is 1. The molecule has 0 radical (unpaired) electrons. The zero-order chi connectivity index (χ0) is 15.6. The van der Waals surface area contributed by atoms with Crippen molar-refractivity contribution in [1.82, 2.24) is 9.80 Å². The van der Waals surface area contributed by atoms with Crippen molar-refractivity contribution in [3.63, 3.8) is 0 Å². The van der Waals surface area contributed by atoms with Crippen LogP contribution in [0.25, 0.3) is 0 Å². The number of hydrogen-bond acceptors (Lipinski definition) is 3. The molecule has 1 aromatic rings. The van der Waals surface area contributed by atoms with Crippen LogP contribution in [0.2, 0.25) is 0 Å². The summed E-state index contributed by atoms with van der Waals surface area (Å²) in [5.74, 6) is 0.0942. The third kappa shape index (κ3) is 4.53. The molecule has 116 valence electrons. The highest BCUT2D eigenvalue weighted by Crippen LogP contribution is 2.19. The number of carbonyl (C=O) groups excluding carboxylic acids is 1. The molecule has 21 heavy (non-hydrogen) atoms. The molecule has 0 bridgehead atoms. The molecule has 1 amide bonds. The van der Waals surface area contributed by atoms with Crippen LogP contribution < -0.4 is 0 Å². The Morgan fingerprint density at radius 1 is 1.29 bits per heavy atom. The summed E-state index contributed by atoms with van der Waals surface area (Å²) in [5, 5.41) is 9.86. The number of amides is 1. The minimum absolute atomic E-state index is 0.0942. The Bertz CT molecular complexity index is 517. The van der Waals surface area contributed by atoms with E-state index in [-0.39, 0.29) is 5.91 Å². The lowest BCUT2D eigenvalue weighted by Gasteiger charge is -2.37. The highest BCUT2D eigenvalue weighted by atomic mass is 79.9. The maximum Gasteiger partial charge on any atom is 0.254 e. The summed E-state index contributed by atoms with van der Waals surface area (Å²) in [5.41, 5.74) is 1.08. The quantitative estimate of drug-likeness (QED) is 0.905. The van der Waals surface area contributed by atoms with Crippen LogP contribution in [0.4, 0.5) is 0 Å². The average molecular weight is 355 g/mol. The zero-order valence-corrected chi connectivity index (χ0v) is 14.5. The fraction of sp³-hybridized carbons (Fsp3) is 0.562. The number of rotatable bonds is 3. The standard InChI is InChI=1S/C16H23BrN2O2/c1-12-4-5-13(17)10-14(12)15(20)19-8-6-18(7-9-19)11-16(2,3)21/h4-5,10,21H,6-9,11H2,1-3H3. The third-order valence-electron chi connectivity index (χ3n) is 3.70. The normalized spacial score (nSPS) is 17.1. The molecular weight excluding hydrogens is 332 g/mol. The summed E-state index contributed by atoms with van der Waals surface area (Å²) in [6.45, 7) is 9.27. The first-order valence-corrected chi connectivity index (χ1v) is 8.06. The lowest BCUT2D eigenvalue weighted by atomic mass is 10.1. The van der Waals surface area contributed by atoms with Crippen LogP contribution in [-0.4, -0.2) is 59.1 Å². The SMILES string of the molecule is Cc1ccc(Br)cc1C(=O)N1CCN(CC(C)(C)O)CC1. The smallest absolute Gasteiger partial charge is 0.254 e. The molecule has 0 saturated carbocycles. The molecule has 1 saturated heterocycles. The van der Waals surface area contributed by atoms with Crippen molar-refractivity contribution in [3.8, 4) is 0 Å². The molecule has 0 aromatic heterocycles. The number of carbonyl (C=O) groups is 1. The van der Waals surface area contributed by atoms with Crippen LogP contribution in [0.1, 0.15) is 29.8 Å². The van der Waals surface area contributed by atoms with Gasteiger partial charge in [-0.15, -0.1) is 0 Å². The van der Waals surface area contributed by atoms with E-state index in [2.05, 4.69) is 20.8 Å². The van der Waals surface area contributed by atoms with Gasteiger partial charge in [-0.3, -0.25) is 9.69 Å². The van der Waals surface area contributed by atoms with Crippen molar-refractivity contribution < 1.29 is 9.90 Å². The summed E-state index contributed by atoms with van der Waals surface area (Å²) in [6, 6.07) is 5.80. The first kappa shape index (κ1) is 16.5. The van der Waals surface area contributed by atoms with Gasteiger partial charge in [0.1, 0.15) is 0 Å². The molecule has 0 spiro atoms. The van der Waals surface area contributed by atoms with Gasteiger partial charge in [0.05, 0.1) is 5.60 Å². The van der Waals surface area contributed by atoms with Gasteiger partial charge in [0, 0.05) is 42.8 Å². The fourth-order valence-corrected chi connectivity index (χ4v) is 3.01. The molecule has 1 aliphatic rings. The number of hydrogen-bond donors (Lipinski definition) is 1. The average Bonchev–Trinajstić information content (AvgIpc) is 2.40. The molecule has 2 rings (SSSR count). The highest BCUT2D eigenvalue weighted by molar-refractivity contribution is 9.10. The van der Waals surface area contributed by atoms with Crippen LogP contribution in [0.3, 0.4) is 0 Å². The molecule has 1 fully saturated rings. The molecular formula is C16H23BrN2O2. The van der Waals surface area contributed by atoms with Gasteiger partial charge in [0.15, 0.2) is 0 Å². The largest absolute Gasteiger partial charge is 0.389 e. The number of aliphatic hydroxyl groups is 1. The van der Waals surface area contributed by atoms with E-state index in [0.717, 1.165) is 28.7 Å². The summed E-state index contributed by atoms with van der Waals surface area (Å²) >= 11 is 3.42. The monoisotopic (exact) mass is 354 g/mol. The Kier molecular flexibility index (Phi) is 5.07. The van der Waals surface area contributed by atoms with Crippen LogP contribution in [0.5, 0.6) is 0 Å². The zero-order valence-electron chi connectivity index (χ0n) is 12.9. The van der Waals surface area contributed by atoms with Crippen molar-refractivity contribution in [1.29, 1.82) is 0 Å². The Labute approximate surface area is 134 Å². The summed E-state index contributed by atoms with van der Waals surface area (Å²) in [6.07, 6.45) is 0. The lowest BCUT2D eigenvalue weighted by Crippen LogP contribution is -2.52. The summed E-state index contributed by atoms with van der Waals surface area (Å²) in [7, 11) is 0. The molecule has 1 aliphatic heterocycles. The van der Waals surface area contributed by atoms with Gasteiger partial charge in [-0.25, -0.2) is 0 Å². The van der Waals surface area contributed by atoms with E-state index in [4.69, 9.17) is 0 Å². The van der Waals surface area contributed by atoms with Crippen LogP contribution >= 0.6 is 15.9 Å². The van der Waals surface area contributed by atoms with Gasteiger partial charge in [0.2, 0.25) is 0 Å². The molecule has 0 unspecified atom stereocenters. The van der Waals surface area contributed by atoms with E-state index in [0.29, 0.717) is 19.6 Å². The molecule has 1 heterocycles. The molecule has 1 aromatic carbocycles. The highest BCUT2D eigenvalue weighted by Gasteiger charge is 2.26. The maximum atomic E-state index is 12.6. The van der Waals surface area contributed by atoms with Crippen LogP contribution in [0, 0.1) is 6.92 Å². The van der Waals surface area contributed by atoms with Crippen molar-refractivity contribution in [2.45, 2.75) is 26.4 Å². The number of piperazine rings is 1. The van der Waals surface area contributed by atoms with Gasteiger partial charge in [-0.2, -0.15) is 0 Å². The number of nitrogens with zero attached hydrogens (tertiary/aromatic N) is 2. The van der Waals surface area contributed by atoms with Gasteiger partial charge in [0.25, 0.3) is 5.91 Å². The second-order valence-corrected chi connectivity index (χ2v) is 7.26. The Balaban J connectivity index is 1.99. The number of halogens is 1. The molecule has 0 aliphatic carbocycles. The molecule has 5 heteroatoms. The molecule has 4 nitrogen and oxygen atoms in total. The minimum atomic E-state index is -0.687. The maximum absolute atomic E-state index is 12.6. The van der Waals surface area contributed by atoms with Crippen molar-refractivity contribution in [3.05, 3.63) is 33.8 Å². The number of β-amino-alcohol motifs (C(OH)–C–C–N with tert-alkyl or cyclic N) is 1. The second-order valence-electron chi connectivity index (χ2n) is 6.34. The molecule has 1 N–H and O–H groups in total. The van der Waals surface area contributed by atoms with Crippen LogP contribution in [0.15, 0.2) is 22.7 Å². The van der Waals surface area contributed by atoms with E-state index in [9.17, 15) is 9.90 Å². The van der Waals surface area contributed by atoms with Crippen molar-refractivity contribution >= 4 is 21.8 Å². The number of aryl methyl sites for hydroxylation is 1. The van der Waals surface area contributed by atoms with Gasteiger partial charge in [-0.05, 0) is 38.5 Å². The lowest BCUT2D eigenvalue weighted by molar-refractivity contribution is 0.0178. The van der Waals surface area contributed by atoms with Crippen molar-refractivity contribution in [2.75, 3.05) is 32.7 Å². The van der Waals surface area contributed by atoms with E-state index in [1.807, 2.05) is 43.9 Å². The van der Waals surface area contributed by atoms with Gasteiger partial charge >= 0.3 is 0 Å². The minimum Gasteiger partial charge on any atom is -0.389 e. The Morgan fingerprint density at radius 3 is 2.48 bits per heavy atom. The first-order chi connectivity index (χ1) is 9.76. The Morgan fingerprint density at radius 2 is 1.90 bits per heavy atom. The summed E-state index contributed by atoms with van der Waals surface area (Å²) < 4.78 is 0.928. The molecule has 0 atom stereocenters. The predicted octanol–water partition coefficient (Wildman–Crippen LogP) is 2.29. The van der Waals surface area contributed by atoms with Gasteiger partial charge < -0.3 is 10.0 Å². The summed E-state index contributed by atoms with van der Waals surface area (Å²) in [4.78, 5) is 16.7.